The number of benzene rings is 2. The molecule has 2 aromatic carbocycles. The van der Waals surface area contributed by atoms with E-state index < -0.39 is 24.0 Å². The van der Waals surface area contributed by atoms with Gasteiger partial charge in [0.15, 0.2) is 0 Å². The van der Waals surface area contributed by atoms with Crippen LogP contribution in [-0.2, 0) is 20.9 Å². The molecular weight excluding hydrogens is 441 g/mol. The minimum Gasteiger partial charge on any atom is -0.493 e. The Kier molecular flexibility index (Phi) is 11.4. The van der Waals surface area contributed by atoms with Gasteiger partial charge in [0.1, 0.15) is 11.6 Å². The number of methoxy groups -OCH3 is 1. The highest BCUT2D eigenvalue weighted by Crippen LogP contribution is 2.32. The number of ether oxygens (including phenoxy) is 3. The third-order valence-corrected chi connectivity index (χ3v) is 5.64. The van der Waals surface area contributed by atoms with Crippen LogP contribution in [0, 0.1) is 17.7 Å². The van der Waals surface area contributed by atoms with Crippen LogP contribution >= 0.6 is 0 Å². The summed E-state index contributed by atoms with van der Waals surface area (Å²) in [6.45, 7) is 4.97. The predicted octanol–water partition coefficient (Wildman–Crippen LogP) is 3.86. The fourth-order valence-corrected chi connectivity index (χ4v) is 3.55. The summed E-state index contributed by atoms with van der Waals surface area (Å²) in [5, 5.41) is 19.6. The molecule has 34 heavy (non-hydrogen) atoms. The molecule has 0 aromatic heterocycles. The smallest absolute Gasteiger partial charge is 0.306 e. The monoisotopic (exact) mass is 477 g/mol. The Morgan fingerprint density at radius 3 is 2.44 bits per heavy atom. The van der Waals surface area contributed by atoms with Crippen molar-refractivity contribution >= 4 is 5.97 Å². The van der Waals surface area contributed by atoms with Crippen LogP contribution < -0.4 is 10.5 Å². The van der Waals surface area contributed by atoms with Crippen molar-refractivity contribution in [2.75, 3.05) is 26.9 Å². The van der Waals surface area contributed by atoms with E-state index in [4.69, 9.17) is 19.9 Å². The molecule has 7 nitrogen and oxygen atoms in total. The van der Waals surface area contributed by atoms with E-state index in [9.17, 15) is 19.4 Å². The van der Waals surface area contributed by atoms with Crippen LogP contribution in [-0.4, -0.2) is 55.3 Å². The van der Waals surface area contributed by atoms with E-state index in [1.54, 1.807) is 33.1 Å². The topological polar surface area (TPSA) is 111 Å². The fraction of sp³-hybridized carbons (Fsp3) is 0.500. The van der Waals surface area contributed by atoms with Crippen LogP contribution in [0.1, 0.15) is 32.3 Å². The number of aliphatic hydroxyl groups is 1. The maximum atomic E-state index is 13.3. The van der Waals surface area contributed by atoms with E-state index in [1.165, 1.54) is 12.1 Å². The van der Waals surface area contributed by atoms with Gasteiger partial charge in [-0.3, -0.25) is 4.79 Å². The highest BCUT2D eigenvalue weighted by atomic mass is 19.1. The molecule has 3 atom stereocenters. The van der Waals surface area contributed by atoms with Gasteiger partial charge in [0.05, 0.1) is 37.9 Å². The highest BCUT2D eigenvalue weighted by Gasteiger charge is 2.27. The molecule has 0 bridgehead atoms. The predicted molar refractivity (Wildman–Crippen MR) is 128 cm³/mol. The van der Waals surface area contributed by atoms with Crippen molar-refractivity contribution in [3.63, 3.8) is 0 Å². The average molecular weight is 478 g/mol. The molecule has 0 fully saturated rings. The summed E-state index contributed by atoms with van der Waals surface area (Å²) in [6, 6.07) is 11.2. The Morgan fingerprint density at radius 2 is 1.82 bits per heavy atom. The van der Waals surface area contributed by atoms with E-state index in [-0.39, 0.29) is 31.4 Å². The zero-order valence-corrected chi connectivity index (χ0v) is 20.1. The molecule has 0 aliphatic heterocycles. The van der Waals surface area contributed by atoms with Gasteiger partial charge < -0.3 is 30.2 Å². The van der Waals surface area contributed by atoms with Crippen LogP contribution in [0.5, 0.6) is 5.75 Å². The lowest BCUT2D eigenvalue weighted by Gasteiger charge is -2.24. The maximum Gasteiger partial charge on any atom is 0.306 e. The van der Waals surface area contributed by atoms with Crippen molar-refractivity contribution in [3.8, 4) is 16.9 Å². The van der Waals surface area contributed by atoms with Crippen LogP contribution in [0.25, 0.3) is 11.1 Å². The third-order valence-electron chi connectivity index (χ3n) is 5.64. The molecule has 188 valence electrons. The van der Waals surface area contributed by atoms with Crippen molar-refractivity contribution in [2.24, 2.45) is 17.6 Å². The summed E-state index contributed by atoms with van der Waals surface area (Å²) in [4.78, 5) is 11.4. The molecular formula is C26H36FNO6. The number of carbonyl (C=O) groups is 1. The number of carboxylic acid groups (broad SMARTS) is 1. The standard InChI is InChI=1S/C26H36FNO6/c1-17(2)22(26(30)31)14-24(29)23(28)16-33-15-18-5-10-21(19-6-8-20(27)9-7-19)25(13-18)34-12-4-11-32-3/h5-10,13,17,22-24,29H,4,11-12,14-16,28H2,1-3H3,(H,30,31). The molecule has 2 aromatic rings. The Labute approximate surface area is 200 Å². The van der Waals surface area contributed by atoms with Crippen molar-refractivity contribution in [3.05, 3.63) is 53.8 Å². The molecule has 0 aliphatic carbocycles. The first-order valence-corrected chi connectivity index (χ1v) is 11.5. The minimum atomic E-state index is -0.982. The van der Waals surface area contributed by atoms with Crippen molar-refractivity contribution < 1.29 is 33.6 Å². The van der Waals surface area contributed by atoms with Crippen LogP contribution in [0.2, 0.25) is 0 Å². The Bertz CT molecular complexity index is 889. The zero-order chi connectivity index (χ0) is 25.1. The summed E-state index contributed by atoms with van der Waals surface area (Å²) in [7, 11) is 1.63. The number of hydrogen-bond acceptors (Lipinski definition) is 6. The Hall–Kier alpha value is -2.52. The highest BCUT2D eigenvalue weighted by molar-refractivity contribution is 5.71. The largest absolute Gasteiger partial charge is 0.493 e. The van der Waals surface area contributed by atoms with Crippen molar-refractivity contribution in [1.82, 2.24) is 0 Å². The quantitative estimate of drug-likeness (QED) is 0.334. The number of aliphatic carboxylic acids is 1. The first-order chi connectivity index (χ1) is 16.2. The first kappa shape index (κ1) is 27.7. The van der Waals surface area contributed by atoms with Crippen LogP contribution in [0.15, 0.2) is 42.5 Å². The zero-order valence-electron chi connectivity index (χ0n) is 20.1. The summed E-state index contributed by atoms with van der Waals surface area (Å²) in [5.41, 5.74) is 8.55. The Morgan fingerprint density at radius 1 is 1.12 bits per heavy atom. The summed E-state index contributed by atoms with van der Waals surface area (Å²) in [5.74, 6) is -1.38. The van der Waals surface area contributed by atoms with Crippen LogP contribution in [0.4, 0.5) is 4.39 Å². The minimum absolute atomic E-state index is 0.0728. The molecule has 0 saturated heterocycles. The van der Waals surface area contributed by atoms with Gasteiger partial charge in [-0.05, 0) is 41.7 Å². The van der Waals surface area contributed by atoms with E-state index in [1.807, 2.05) is 18.2 Å². The molecule has 4 N–H and O–H groups in total. The van der Waals surface area contributed by atoms with Gasteiger partial charge in [-0.25, -0.2) is 4.39 Å². The lowest BCUT2D eigenvalue weighted by atomic mass is 9.88. The van der Waals surface area contributed by atoms with Gasteiger partial charge in [0.25, 0.3) is 0 Å². The van der Waals surface area contributed by atoms with E-state index in [2.05, 4.69) is 0 Å². The third kappa shape index (κ3) is 8.68. The molecule has 0 saturated carbocycles. The lowest BCUT2D eigenvalue weighted by molar-refractivity contribution is -0.144. The molecule has 2 rings (SSSR count). The Balaban J connectivity index is 2.01. The van der Waals surface area contributed by atoms with Gasteiger partial charge in [0.2, 0.25) is 0 Å². The lowest BCUT2D eigenvalue weighted by Crippen LogP contribution is -2.41. The van der Waals surface area contributed by atoms with E-state index >= 15 is 0 Å². The molecule has 0 spiro atoms. The number of halogens is 1. The second-order valence-corrected chi connectivity index (χ2v) is 8.70. The average Bonchev–Trinajstić information content (AvgIpc) is 2.80. The number of nitrogens with two attached hydrogens (primary N) is 1. The van der Waals surface area contributed by atoms with Gasteiger partial charge in [0, 0.05) is 25.7 Å². The summed E-state index contributed by atoms with van der Waals surface area (Å²) in [6.07, 6.45) is -0.187. The van der Waals surface area contributed by atoms with Crippen LogP contribution in [0.3, 0.4) is 0 Å². The second-order valence-electron chi connectivity index (χ2n) is 8.70. The number of rotatable bonds is 15. The van der Waals surface area contributed by atoms with Crippen molar-refractivity contribution in [1.29, 1.82) is 0 Å². The SMILES string of the molecule is COCCCOc1cc(COCC(N)C(O)CC(C(=O)O)C(C)C)ccc1-c1ccc(F)cc1. The maximum absolute atomic E-state index is 13.3. The number of carboxylic acids is 1. The van der Waals surface area contributed by atoms with Gasteiger partial charge >= 0.3 is 5.97 Å². The molecule has 0 radical (unpaired) electrons. The van der Waals surface area contributed by atoms with E-state index in [0.29, 0.717) is 19.0 Å². The van der Waals surface area contributed by atoms with Gasteiger partial charge in [-0.2, -0.15) is 0 Å². The molecule has 0 aliphatic rings. The summed E-state index contributed by atoms with van der Waals surface area (Å²) < 4.78 is 30.1. The van der Waals surface area contributed by atoms with Gasteiger partial charge in [-0.15, -0.1) is 0 Å². The fourth-order valence-electron chi connectivity index (χ4n) is 3.55. The van der Waals surface area contributed by atoms with Gasteiger partial charge in [-0.1, -0.05) is 38.1 Å². The molecule has 8 heteroatoms. The number of aliphatic hydroxyl groups excluding tert-OH is 1. The van der Waals surface area contributed by atoms with Crippen molar-refractivity contribution in [2.45, 2.75) is 45.4 Å². The first-order valence-electron chi connectivity index (χ1n) is 11.5. The number of hydrogen-bond donors (Lipinski definition) is 3. The molecule has 0 heterocycles. The molecule has 3 unspecified atom stereocenters. The van der Waals surface area contributed by atoms with E-state index in [0.717, 1.165) is 23.1 Å². The molecule has 0 amide bonds. The summed E-state index contributed by atoms with van der Waals surface area (Å²) >= 11 is 0. The normalized spacial score (nSPS) is 14.1. The second kappa shape index (κ2) is 14.0.